The van der Waals surface area contributed by atoms with Crippen LogP contribution in [0, 0.1) is 11.6 Å². The lowest BCUT2D eigenvalue weighted by Crippen LogP contribution is -2.55. The van der Waals surface area contributed by atoms with Crippen LogP contribution in [0.1, 0.15) is 12.5 Å². The average Bonchev–Trinajstić information content (AvgIpc) is 3.00. The molecule has 1 saturated heterocycles. The van der Waals surface area contributed by atoms with E-state index in [-0.39, 0.29) is 17.3 Å². The summed E-state index contributed by atoms with van der Waals surface area (Å²) in [5.41, 5.74) is -3.42. The Morgan fingerprint density at radius 1 is 1.20 bits per heavy atom. The number of halogens is 5. The average molecular weight is 430 g/mol. The van der Waals surface area contributed by atoms with Crippen molar-refractivity contribution in [3.63, 3.8) is 0 Å². The van der Waals surface area contributed by atoms with Crippen LogP contribution in [0.4, 0.5) is 33.7 Å². The molecule has 0 amide bonds. The number of morpholine rings is 1. The molecule has 2 aliphatic rings. The second-order valence-corrected chi connectivity index (χ2v) is 7.51. The number of aromatic nitrogens is 2. The van der Waals surface area contributed by atoms with Gasteiger partial charge in [0.25, 0.3) is 5.56 Å². The Bertz CT molecular complexity index is 1020. The molecule has 11 heteroatoms. The van der Waals surface area contributed by atoms with Crippen LogP contribution in [-0.4, -0.2) is 47.6 Å². The molecule has 6 nitrogen and oxygen atoms in total. The molecule has 1 aromatic heterocycles. The van der Waals surface area contributed by atoms with Gasteiger partial charge in [0.05, 0.1) is 19.8 Å². The van der Waals surface area contributed by atoms with Crippen molar-refractivity contribution in [2.75, 3.05) is 36.1 Å². The van der Waals surface area contributed by atoms with Gasteiger partial charge in [-0.1, -0.05) is 12.1 Å². The number of rotatable bonds is 3. The van der Waals surface area contributed by atoms with Crippen LogP contribution in [0.2, 0.25) is 0 Å². The standard InChI is InChI=1S/C19H19F5N4O2/c1-18(19(22,23)24)11-27-15(29)9-14(26-5-7-30-8-6-26)25-17(27)28(18)10-12-3-2-4-13(20)16(12)21/h2-4,9H,5-8,10-11H2,1H3/t18-/m0/s1. The SMILES string of the molecule is C[C@@]1(C(F)(F)F)Cn2c(nc(N3CCOCC3)cc2=O)N1Cc1cccc(F)c1F. The highest BCUT2D eigenvalue weighted by atomic mass is 19.4. The van der Waals surface area contributed by atoms with Gasteiger partial charge in [-0.15, -0.1) is 0 Å². The summed E-state index contributed by atoms with van der Waals surface area (Å²) < 4.78 is 76.2. The van der Waals surface area contributed by atoms with Gasteiger partial charge in [-0.3, -0.25) is 9.36 Å². The smallest absolute Gasteiger partial charge is 0.378 e. The summed E-state index contributed by atoms with van der Waals surface area (Å²) in [6, 6.07) is 4.51. The minimum Gasteiger partial charge on any atom is -0.378 e. The van der Waals surface area contributed by atoms with Crippen molar-refractivity contribution in [1.29, 1.82) is 0 Å². The maximum absolute atomic E-state index is 14.2. The Hall–Kier alpha value is -2.69. The van der Waals surface area contributed by atoms with Gasteiger partial charge in [0.2, 0.25) is 5.95 Å². The highest BCUT2D eigenvalue weighted by molar-refractivity contribution is 5.50. The van der Waals surface area contributed by atoms with E-state index in [0.717, 1.165) is 22.5 Å². The zero-order chi connectivity index (χ0) is 21.7. The third-order valence-electron chi connectivity index (χ3n) is 5.58. The zero-order valence-electron chi connectivity index (χ0n) is 16.0. The molecule has 0 unspecified atom stereocenters. The van der Waals surface area contributed by atoms with Crippen molar-refractivity contribution in [1.82, 2.24) is 9.55 Å². The third-order valence-corrected chi connectivity index (χ3v) is 5.58. The predicted octanol–water partition coefficient (Wildman–Crippen LogP) is 2.70. The van der Waals surface area contributed by atoms with E-state index in [2.05, 4.69) is 4.98 Å². The first kappa shape index (κ1) is 20.6. The quantitative estimate of drug-likeness (QED) is 0.701. The Kier molecular flexibility index (Phi) is 4.95. The Balaban J connectivity index is 1.82. The first-order valence-corrected chi connectivity index (χ1v) is 9.34. The summed E-state index contributed by atoms with van der Waals surface area (Å²) in [6.07, 6.45) is -4.75. The molecule has 4 rings (SSSR count). The van der Waals surface area contributed by atoms with Crippen LogP contribution in [0.5, 0.6) is 0 Å². The van der Waals surface area contributed by atoms with Gasteiger partial charge in [0, 0.05) is 31.3 Å². The van der Waals surface area contributed by atoms with Gasteiger partial charge in [0.1, 0.15) is 5.82 Å². The van der Waals surface area contributed by atoms with Crippen molar-refractivity contribution in [3.8, 4) is 0 Å². The fourth-order valence-corrected chi connectivity index (χ4v) is 3.73. The van der Waals surface area contributed by atoms with Crippen molar-refractivity contribution >= 4 is 11.8 Å². The number of hydrogen-bond donors (Lipinski definition) is 0. The van der Waals surface area contributed by atoms with E-state index in [1.165, 1.54) is 18.2 Å². The number of fused-ring (bicyclic) bond motifs is 1. The molecule has 2 aromatic rings. The highest BCUT2D eigenvalue weighted by Gasteiger charge is 2.60. The van der Waals surface area contributed by atoms with E-state index in [0.29, 0.717) is 26.3 Å². The molecule has 2 aliphatic heterocycles. The lowest BCUT2D eigenvalue weighted by molar-refractivity contribution is -0.182. The number of ether oxygens (including phenoxy) is 1. The van der Waals surface area contributed by atoms with Gasteiger partial charge < -0.3 is 14.5 Å². The number of benzene rings is 1. The topological polar surface area (TPSA) is 50.6 Å². The summed E-state index contributed by atoms with van der Waals surface area (Å²) >= 11 is 0. The molecule has 1 aromatic carbocycles. The number of hydrogen-bond acceptors (Lipinski definition) is 5. The molecule has 0 bridgehead atoms. The third kappa shape index (κ3) is 3.30. The minimum atomic E-state index is -4.75. The molecule has 0 saturated carbocycles. The van der Waals surface area contributed by atoms with Gasteiger partial charge >= 0.3 is 6.18 Å². The molecule has 0 N–H and O–H groups in total. The Morgan fingerprint density at radius 2 is 1.90 bits per heavy atom. The summed E-state index contributed by atoms with van der Waals surface area (Å²) in [5.74, 6) is -2.39. The molecular formula is C19H19F5N4O2. The normalized spacial score (nSPS) is 21.8. The summed E-state index contributed by atoms with van der Waals surface area (Å²) in [6.45, 7) is 1.30. The monoisotopic (exact) mass is 430 g/mol. The van der Waals surface area contributed by atoms with Crippen molar-refractivity contribution in [2.24, 2.45) is 0 Å². The fraction of sp³-hybridized carbons (Fsp3) is 0.474. The van der Waals surface area contributed by atoms with Crippen molar-refractivity contribution in [2.45, 2.75) is 31.7 Å². The number of nitrogens with zero attached hydrogens (tertiary/aromatic N) is 4. The van der Waals surface area contributed by atoms with Gasteiger partial charge in [-0.25, -0.2) is 8.78 Å². The van der Waals surface area contributed by atoms with Crippen molar-refractivity contribution in [3.05, 3.63) is 51.8 Å². The van der Waals surface area contributed by atoms with E-state index in [9.17, 15) is 26.7 Å². The van der Waals surface area contributed by atoms with E-state index in [4.69, 9.17) is 4.74 Å². The molecule has 162 valence electrons. The summed E-state index contributed by atoms with van der Waals surface area (Å²) in [4.78, 5) is 19.5. The lowest BCUT2D eigenvalue weighted by atomic mass is 10.00. The van der Waals surface area contributed by atoms with Crippen LogP contribution >= 0.6 is 0 Å². The summed E-state index contributed by atoms with van der Waals surface area (Å²) in [5, 5.41) is 0. The molecule has 0 aliphatic carbocycles. The van der Waals surface area contributed by atoms with E-state index in [1.807, 2.05) is 0 Å². The van der Waals surface area contributed by atoms with E-state index >= 15 is 0 Å². The number of anilines is 2. The maximum Gasteiger partial charge on any atom is 0.413 e. The van der Waals surface area contributed by atoms with Crippen LogP contribution in [-0.2, 0) is 17.8 Å². The van der Waals surface area contributed by atoms with Gasteiger partial charge in [-0.2, -0.15) is 18.2 Å². The Labute approximate surface area is 168 Å². The Morgan fingerprint density at radius 3 is 2.57 bits per heavy atom. The molecule has 30 heavy (non-hydrogen) atoms. The first-order chi connectivity index (χ1) is 14.1. The first-order valence-electron chi connectivity index (χ1n) is 9.34. The molecule has 0 spiro atoms. The molecule has 1 atom stereocenters. The highest BCUT2D eigenvalue weighted by Crippen LogP contribution is 2.44. The maximum atomic E-state index is 14.2. The molecule has 0 radical (unpaired) electrons. The number of alkyl halides is 3. The van der Waals surface area contributed by atoms with Crippen LogP contribution in [0.25, 0.3) is 0 Å². The van der Waals surface area contributed by atoms with Crippen LogP contribution in [0.3, 0.4) is 0 Å². The second-order valence-electron chi connectivity index (χ2n) is 7.51. The molecule has 1 fully saturated rings. The fourth-order valence-electron chi connectivity index (χ4n) is 3.73. The zero-order valence-corrected chi connectivity index (χ0v) is 16.0. The largest absolute Gasteiger partial charge is 0.413 e. The van der Waals surface area contributed by atoms with Gasteiger partial charge in [-0.05, 0) is 13.0 Å². The molecule has 3 heterocycles. The van der Waals surface area contributed by atoms with Crippen LogP contribution in [0.15, 0.2) is 29.1 Å². The minimum absolute atomic E-state index is 0.227. The lowest BCUT2D eigenvalue weighted by Gasteiger charge is -2.37. The van der Waals surface area contributed by atoms with Crippen LogP contribution < -0.4 is 15.4 Å². The molecular weight excluding hydrogens is 411 g/mol. The predicted molar refractivity (Wildman–Crippen MR) is 98.5 cm³/mol. The van der Waals surface area contributed by atoms with Crippen molar-refractivity contribution < 1.29 is 26.7 Å². The second kappa shape index (κ2) is 7.22. The van der Waals surface area contributed by atoms with Gasteiger partial charge in [0.15, 0.2) is 17.2 Å². The van der Waals surface area contributed by atoms with E-state index in [1.54, 1.807) is 4.90 Å². The summed E-state index contributed by atoms with van der Waals surface area (Å²) in [7, 11) is 0. The van der Waals surface area contributed by atoms with E-state index < -0.39 is 42.0 Å².